The van der Waals surface area contributed by atoms with E-state index in [1.54, 1.807) is 12.1 Å². The topological polar surface area (TPSA) is 0 Å². The van der Waals surface area contributed by atoms with Gasteiger partial charge in [-0.1, -0.05) is 28.1 Å². The predicted octanol–water partition coefficient (Wildman–Crippen LogP) is 4.07. The van der Waals surface area contributed by atoms with E-state index >= 15 is 0 Å². The van der Waals surface area contributed by atoms with Crippen LogP contribution in [0.5, 0.6) is 0 Å². The van der Waals surface area contributed by atoms with Crippen LogP contribution < -0.4 is 0 Å². The highest BCUT2D eigenvalue weighted by Crippen LogP contribution is 2.29. The van der Waals surface area contributed by atoms with E-state index in [9.17, 15) is 13.2 Å². The summed E-state index contributed by atoms with van der Waals surface area (Å²) < 4.78 is 36.5. The van der Waals surface area contributed by atoms with Gasteiger partial charge >= 0.3 is 6.18 Å². The number of alkyl halides is 3. The Morgan fingerprint density at radius 2 is 1.92 bits per heavy atom. The standard InChI is InChI=1S/C9H6BrF3/c10-5-4-7-2-1-3-8(6-7)9(11,12)13/h1-6H/b5-4-. The van der Waals surface area contributed by atoms with Gasteiger partial charge in [0.05, 0.1) is 5.56 Å². The molecule has 0 aliphatic heterocycles. The molecule has 0 N–H and O–H groups in total. The summed E-state index contributed by atoms with van der Waals surface area (Å²) in [4.78, 5) is 1.52. The molecule has 0 amide bonds. The highest BCUT2D eigenvalue weighted by molar-refractivity contribution is 9.11. The van der Waals surface area contributed by atoms with E-state index in [2.05, 4.69) is 15.9 Å². The minimum Gasteiger partial charge on any atom is -0.166 e. The minimum atomic E-state index is -4.27. The Hall–Kier alpha value is -0.770. The first-order valence-electron chi connectivity index (χ1n) is 3.48. The van der Waals surface area contributed by atoms with Crippen LogP contribution in [0.3, 0.4) is 0 Å². The van der Waals surface area contributed by atoms with E-state index in [1.165, 1.54) is 11.1 Å². The molecule has 0 unspecified atom stereocenters. The third kappa shape index (κ3) is 2.88. The molecule has 1 aromatic rings. The van der Waals surface area contributed by atoms with Gasteiger partial charge in [0.15, 0.2) is 0 Å². The number of halogens is 4. The van der Waals surface area contributed by atoms with Crippen LogP contribution in [0.1, 0.15) is 11.1 Å². The fraction of sp³-hybridized carbons (Fsp3) is 0.111. The highest BCUT2D eigenvalue weighted by Gasteiger charge is 2.30. The normalized spacial score (nSPS) is 12.3. The summed E-state index contributed by atoms with van der Waals surface area (Å²) in [6.07, 6.45) is -2.72. The summed E-state index contributed by atoms with van der Waals surface area (Å²) >= 11 is 3.00. The van der Waals surface area contributed by atoms with Gasteiger partial charge < -0.3 is 0 Å². The molecule has 4 heteroatoms. The van der Waals surface area contributed by atoms with E-state index < -0.39 is 11.7 Å². The molecule has 0 spiro atoms. The van der Waals surface area contributed by atoms with Gasteiger partial charge in [0, 0.05) is 0 Å². The number of rotatable bonds is 1. The van der Waals surface area contributed by atoms with Crippen molar-refractivity contribution in [3.63, 3.8) is 0 Å². The number of hydrogen-bond acceptors (Lipinski definition) is 0. The lowest BCUT2D eigenvalue weighted by atomic mass is 10.1. The van der Waals surface area contributed by atoms with Gasteiger partial charge in [-0.2, -0.15) is 13.2 Å². The minimum absolute atomic E-state index is 0.520. The molecule has 13 heavy (non-hydrogen) atoms. The molecule has 1 rings (SSSR count). The van der Waals surface area contributed by atoms with Crippen molar-refractivity contribution in [1.82, 2.24) is 0 Å². The first-order chi connectivity index (χ1) is 6.04. The summed E-state index contributed by atoms with van der Waals surface area (Å²) in [6, 6.07) is 5.13. The maximum atomic E-state index is 12.2. The Morgan fingerprint density at radius 3 is 2.46 bits per heavy atom. The molecule has 0 aliphatic carbocycles. The van der Waals surface area contributed by atoms with Crippen LogP contribution in [-0.2, 0) is 6.18 Å². The summed E-state index contributed by atoms with van der Waals surface area (Å²) in [5.74, 6) is 0. The highest BCUT2D eigenvalue weighted by atomic mass is 79.9. The summed E-state index contributed by atoms with van der Waals surface area (Å²) in [7, 11) is 0. The molecule has 0 saturated heterocycles. The number of hydrogen-bond donors (Lipinski definition) is 0. The summed E-state index contributed by atoms with van der Waals surface area (Å²) in [5.41, 5.74) is -0.109. The second kappa shape index (κ2) is 3.96. The van der Waals surface area contributed by atoms with Gasteiger partial charge in [-0.3, -0.25) is 0 Å². The van der Waals surface area contributed by atoms with Crippen LogP contribution in [0, 0.1) is 0 Å². The van der Waals surface area contributed by atoms with Crippen LogP contribution in [0.4, 0.5) is 13.2 Å². The van der Waals surface area contributed by atoms with Gasteiger partial charge in [0.2, 0.25) is 0 Å². The van der Waals surface area contributed by atoms with E-state index in [4.69, 9.17) is 0 Å². The largest absolute Gasteiger partial charge is 0.416 e. The lowest BCUT2D eigenvalue weighted by Crippen LogP contribution is -2.04. The molecule has 70 valence electrons. The van der Waals surface area contributed by atoms with Gasteiger partial charge in [-0.25, -0.2) is 0 Å². The average molecular weight is 251 g/mol. The zero-order chi connectivity index (χ0) is 9.90. The van der Waals surface area contributed by atoms with E-state index in [-0.39, 0.29) is 0 Å². The molecule has 0 aromatic heterocycles. The lowest BCUT2D eigenvalue weighted by Gasteiger charge is -2.06. The second-order valence-electron chi connectivity index (χ2n) is 2.42. The Labute approximate surface area is 82.2 Å². The molecule has 0 atom stereocenters. The summed E-state index contributed by atoms with van der Waals surface area (Å²) in [6.45, 7) is 0. The second-order valence-corrected chi connectivity index (χ2v) is 2.94. The molecule has 0 heterocycles. The fourth-order valence-corrected chi connectivity index (χ4v) is 1.20. The van der Waals surface area contributed by atoms with Crippen molar-refractivity contribution in [2.24, 2.45) is 0 Å². The lowest BCUT2D eigenvalue weighted by molar-refractivity contribution is -0.137. The summed E-state index contributed by atoms with van der Waals surface area (Å²) in [5, 5.41) is 0. The molecule has 0 radical (unpaired) electrons. The molecule has 1 aromatic carbocycles. The quantitative estimate of drug-likeness (QED) is 0.705. The van der Waals surface area contributed by atoms with Crippen LogP contribution in [-0.4, -0.2) is 0 Å². The first-order valence-corrected chi connectivity index (χ1v) is 4.39. The Bertz CT molecular complexity index is 315. The van der Waals surface area contributed by atoms with Crippen LogP contribution in [0.25, 0.3) is 6.08 Å². The van der Waals surface area contributed by atoms with Crippen molar-refractivity contribution < 1.29 is 13.2 Å². The van der Waals surface area contributed by atoms with Gasteiger partial charge in [0.1, 0.15) is 0 Å². The van der Waals surface area contributed by atoms with Gasteiger partial charge in [-0.15, -0.1) is 0 Å². The zero-order valence-electron chi connectivity index (χ0n) is 6.48. The van der Waals surface area contributed by atoms with E-state index in [0.717, 1.165) is 12.1 Å². The average Bonchev–Trinajstić information content (AvgIpc) is 2.04. The molecule has 0 bridgehead atoms. The molecular weight excluding hydrogens is 245 g/mol. The van der Waals surface area contributed by atoms with Crippen molar-refractivity contribution >= 4 is 22.0 Å². The predicted molar refractivity (Wildman–Crippen MR) is 49.4 cm³/mol. The third-order valence-electron chi connectivity index (χ3n) is 1.47. The molecule has 0 fully saturated rings. The molecular formula is C9H6BrF3. The van der Waals surface area contributed by atoms with Crippen LogP contribution in [0.2, 0.25) is 0 Å². The van der Waals surface area contributed by atoms with Crippen molar-refractivity contribution in [3.05, 3.63) is 40.4 Å². The van der Waals surface area contributed by atoms with Crippen LogP contribution >= 0.6 is 15.9 Å². The maximum absolute atomic E-state index is 12.2. The monoisotopic (exact) mass is 250 g/mol. The molecule has 0 aliphatic rings. The van der Waals surface area contributed by atoms with Crippen molar-refractivity contribution in [1.29, 1.82) is 0 Å². The van der Waals surface area contributed by atoms with Crippen molar-refractivity contribution in [2.75, 3.05) is 0 Å². The van der Waals surface area contributed by atoms with Gasteiger partial charge in [-0.05, 0) is 28.8 Å². The van der Waals surface area contributed by atoms with Crippen molar-refractivity contribution in [3.8, 4) is 0 Å². The van der Waals surface area contributed by atoms with Crippen molar-refractivity contribution in [2.45, 2.75) is 6.18 Å². The van der Waals surface area contributed by atoms with E-state index in [1.807, 2.05) is 0 Å². The van der Waals surface area contributed by atoms with Crippen LogP contribution in [0.15, 0.2) is 29.3 Å². The molecule has 0 saturated carbocycles. The maximum Gasteiger partial charge on any atom is 0.416 e. The Morgan fingerprint density at radius 1 is 1.23 bits per heavy atom. The molecule has 0 nitrogen and oxygen atoms in total. The fourth-order valence-electron chi connectivity index (χ4n) is 0.891. The smallest absolute Gasteiger partial charge is 0.166 e. The Kier molecular flexibility index (Phi) is 3.14. The zero-order valence-corrected chi connectivity index (χ0v) is 8.06. The first kappa shape index (κ1) is 10.3. The number of benzene rings is 1. The van der Waals surface area contributed by atoms with Gasteiger partial charge in [0.25, 0.3) is 0 Å². The SMILES string of the molecule is FC(F)(F)c1cccc(/C=C\Br)c1. The third-order valence-corrected chi connectivity index (χ3v) is 1.73. The Balaban J connectivity index is 3.05. The van der Waals surface area contributed by atoms with E-state index in [0.29, 0.717) is 5.56 Å².